The summed E-state index contributed by atoms with van der Waals surface area (Å²) in [5, 5.41) is 7.65. The van der Waals surface area contributed by atoms with Gasteiger partial charge in [0.2, 0.25) is 10.0 Å². The molecule has 9 heteroatoms. The Bertz CT molecular complexity index is 974. The number of aryl methyl sites for hydroxylation is 1. The summed E-state index contributed by atoms with van der Waals surface area (Å²) in [7, 11) is -3.75. The molecule has 0 aromatic heterocycles. The fraction of sp³-hybridized carbons (Fsp3) is 0.263. The molecule has 0 aliphatic rings. The first-order valence-electron chi connectivity index (χ1n) is 8.44. The molecule has 0 spiro atoms. The first-order valence-corrected chi connectivity index (χ1v) is 9.99. The molecule has 0 aliphatic carbocycles. The Morgan fingerprint density at radius 3 is 2.39 bits per heavy atom. The first kappa shape index (κ1) is 21.5. The van der Waals surface area contributed by atoms with Crippen LogP contribution in [-0.4, -0.2) is 32.9 Å². The van der Waals surface area contributed by atoms with E-state index in [2.05, 4.69) is 5.32 Å². The minimum atomic E-state index is -3.75. The molecular weight excluding hydrogens is 387 g/mol. The molecule has 1 atom stereocenters. The van der Waals surface area contributed by atoms with Gasteiger partial charge in [-0.25, -0.2) is 22.7 Å². The van der Waals surface area contributed by atoms with Gasteiger partial charge in [0.1, 0.15) is 5.82 Å². The van der Waals surface area contributed by atoms with E-state index < -0.39 is 33.8 Å². The number of ether oxygens (including phenoxy) is 1. The zero-order valence-electron chi connectivity index (χ0n) is 15.4. The smallest absolute Gasteiger partial charge is 0.339 e. The van der Waals surface area contributed by atoms with Crippen LogP contribution in [0.1, 0.15) is 28.4 Å². The molecule has 7 nitrogen and oxygen atoms in total. The predicted octanol–water partition coefficient (Wildman–Crippen LogP) is 1.69. The number of benzene rings is 2. The highest BCUT2D eigenvalue weighted by molar-refractivity contribution is 7.89. The standard InChI is InChI=1S/C19H21FN2O5S/c1-12-3-6-15(11-17(12)20)19(24)27-13(2)18(23)22-10-9-14-4-7-16(8-5-14)28(21,25)26/h3-8,11,13H,9-10H2,1-2H3,(H,22,23)(H2,21,25,26)/t13-/m1/s1. The number of esters is 1. The van der Waals surface area contributed by atoms with Crippen LogP contribution in [-0.2, 0) is 26.0 Å². The molecule has 0 radical (unpaired) electrons. The van der Waals surface area contributed by atoms with Crippen LogP contribution in [0.3, 0.4) is 0 Å². The van der Waals surface area contributed by atoms with Gasteiger partial charge in [-0.2, -0.15) is 0 Å². The number of rotatable bonds is 7. The Morgan fingerprint density at radius 1 is 1.18 bits per heavy atom. The van der Waals surface area contributed by atoms with Gasteiger partial charge in [-0.15, -0.1) is 0 Å². The van der Waals surface area contributed by atoms with Gasteiger partial charge in [0, 0.05) is 6.54 Å². The highest BCUT2D eigenvalue weighted by Gasteiger charge is 2.19. The fourth-order valence-electron chi connectivity index (χ4n) is 2.32. The minimum absolute atomic E-state index is 0.00774. The number of sulfonamides is 1. The maximum absolute atomic E-state index is 13.5. The van der Waals surface area contributed by atoms with Crippen LogP contribution in [0, 0.1) is 12.7 Å². The van der Waals surface area contributed by atoms with E-state index >= 15 is 0 Å². The van der Waals surface area contributed by atoms with Crippen molar-refractivity contribution in [1.82, 2.24) is 5.32 Å². The van der Waals surface area contributed by atoms with Crippen molar-refractivity contribution in [3.63, 3.8) is 0 Å². The molecule has 1 amide bonds. The van der Waals surface area contributed by atoms with E-state index in [1.54, 1.807) is 19.1 Å². The van der Waals surface area contributed by atoms with Crippen LogP contribution in [0.5, 0.6) is 0 Å². The van der Waals surface area contributed by atoms with Gasteiger partial charge in [-0.3, -0.25) is 4.79 Å². The van der Waals surface area contributed by atoms with E-state index in [4.69, 9.17) is 9.88 Å². The van der Waals surface area contributed by atoms with Crippen molar-refractivity contribution in [1.29, 1.82) is 0 Å². The van der Waals surface area contributed by atoms with Crippen molar-refractivity contribution in [3.05, 3.63) is 65.0 Å². The summed E-state index contributed by atoms with van der Waals surface area (Å²) >= 11 is 0. The highest BCUT2D eigenvalue weighted by atomic mass is 32.2. The Hall–Kier alpha value is -2.78. The number of carbonyl (C=O) groups excluding carboxylic acids is 2. The lowest BCUT2D eigenvalue weighted by Gasteiger charge is -2.14. The number of nitrogens with one attached hydrogen (secondary N) is 1. The van der Waals surface area contributed by atoms with E-state index in [9.17, 15) is 22.4 Å². The number of hydrogen-bond acceptors (Lipinski definition) is 5. The van der Waals surface area contributed by atoms with E-state index in [0.717, 1.165) is 11.6 Å². The Morgan fingerprint density at radius 2 is 1.82 bits per heavy atom. The van der Waals surface area contributed by atoms with Gasteiger partial charge >= 0.3 is 5.97 Å². The van der Waals surface area contributed by atoms with E-state index in [0.29, 0.717) is 12.0 Å². The third-order valence-electron chi connectivity index (χ3n) is 4.03. The van der Waals surface area contributed by atoms with Crippen molar-refractivity contribution in [2.75, 3.05) is 6.54 Å². The lowest BCUT2D eigenvalue weighted by Crippen LogP contribution is -2.36. The Balaban J connectivity index is 1.83. The molecule has 2 rings (SSSR count). The normalized spacial score (nSPS) is 12.3. The molecule has 28 heavy (non-hydrogen) atoms. The summed E-state index contributed by atoms with van der Waals surface area (Å²) in [5.41, 5.74) is 1.23. The topological polar surface area (TPSA) is 116 Å². The highest BCUT2D eigenvalue weighted by Crippen LogP contribution is 2.12. The van der Waals surface area contributed by atoms with Crippen LogP contribution < -0.4 is 10.5 Å². The summed E-state index contributed by atoms with van der Waals surface area (Å²) in [5.74, 6) is -1.82. The third kappa shape index (κ3) is 5.86. The largest absolute Gasteiger partial charge is 0.449 e. The molecule has 0 fully saturated rings. The molecule has 0 aliphatic heterocycles. The van der Waals surface area contributed by atoms with Crippen molar-refractivity contribution < 1.29 is 27.1 Å². The van der Waals surface area contributed by atoms with Gasteiger partial charge in [0.15, 0.2) is 6.10 Å². The number of nitrogens with two attached hydrogens (primary N) is 1. The molecule has 2 aromatic carbocycles. The van der Waals surface area contributed by atoms with Gasteiger partial charge < -0.3 is 10.1 Å². The first-order chi connectivity index (χ1) is 13.1. The van der Waals surface area contributed by atoms with Gasteiger partial charge in [0.05, 0.1) is 10.5 Å². The molecule has 0 unspecified atom stereocenters. The average molecular weight is 408 g/mol. The second-order valence-electron chi connectivity index (χ2n) is 6.24. The quantitative estimate of drug-likeness (QED) is 0.677. The Kier molecular flexibility index (Phi) is 6.87. The zero-order chi connectivity index (χ0) is 20.9. The van der Waals surface area contributed by atoms with Crippen molar-refractivity contribution in [2.24, 2.45) is 5.14 Å². The second kappa shape index (κ2) is 8.94. The van der Waals surface area contributed by atoms with E-state index in [-0.39, 0.29) is 17.0 Å². The van der Waals surface area contributed by atoms with Crippen LogP contribution in [0.2, 0.25) is 0 Å². The van der Waals surface area contributed by atoms with Gasteiger partial charge in [-0.1, -0.05) is 18.2 Å². The number of amides is 1. The zero-order valence-corrected chi connectivity index (χ0v) is 16.3. The molecule has 0 saturated carbocycles. The van der Waals surface area contributed by atoms with E-state index in [1.807, 2.05) is 0 Å². The number of hydrogen-bond donors (Lipinski definition) is 2. The fourth-order valence-corrected chi connectivity index (χ4v) is 2.84. The summed E-state index contributed by atoms with van der Waals surface area (Å²) < 4.78 is 41.0. The number of carbonyl (C=O) groups is 2. The average Bonchev–Trinajstić information content (AvgIpc) is 2.63. The second-order valence-corrected chi connectivity index (χ2v) is 7.80. The van der Waals surface area contributed by atoms with Crippen LogP contribution in [0.4, 0.5) is 4.39 Å². The van der Waals surface area contributed by atoms with E-state index in [1.165, 1.54) is 31.2 Å². The van der Waals surface area contributed by atoms with Crippen molar-refractivity contribution >= 4 is 21.9 Å². The summed E-state index contributed by atoms with van der Waals surface area (Å²) in [4.78, 5) is 24.1. The SMILES string of the molecule is Cc1ccc(C(=O)O[C@H](C)C(=O)NCCc2ccc(S(N)(=O)=O)cc2)cc1F. The Labute approximate surface area is 162 Å². The molecule has 0 saturated heterocycles. The maximum atomic E-state index is 13.5. The summed E-state index contributed by atoms with van der Waals surface area (Å²) in [6, 6.07) is 9.92. The summed E-state index contributed by atoms with van der Waals surface area (Å²) in [6.45, 7) is 3.25. The molecule has 3 N–H and O–H groups in total. The van der Waals surface area contributed by atoms with Gasteiger partial charge in [-0.05, 0) is 55.7 Å². The maximum Gasteiger partial charge on any atom is 0.339 e. The van der Waals surface area contributed by atoms with Gasteiger partial charge in [0.25, 0.3) is 5.91 Å². The van der Waals surface area contributed by atoms with Crippen LogP contribution >= 0.6 is 0 Å². The summed E-state index contributed by atoms with van der Waals surface area (Å²) in [6.07, 6.45) is -0.609. The lowest BCUT2D eigenvalue weighted by molar-refractivity contribution is -0.129. The minimum Gasteiger partial charge on any atom is -0.449 e. The van der Waals surface area contributed by atoms with Crippen LogP contribution in [0.15, 0.2) is 47.4 Å². The monoisotopic (exact) mass is 408 g/mol. The van der Waals surface area contributed by atoms with Crippen molar-refractivity contribution in [2.45, 2.75) is 31.3 Å². The lowest BCUT2D eigenvalue weighted by atomic mass is 10.1. The molecule has 2 aromatic rings. The van der Waals surface area contributed by atoms with Crippen LogP contribution in [0.25, 0.3) is 0 Å². The molecule has 0 bridgehead atoms. The predicted molar refractivity (Wildman–Crippen MR) is 101 cm³/mol. The molecule has 0 heterocycles. The molecule has 150 valence electrons. The molecular formula is C19H21FN2O5S. The van der Waals surface area contributed by atoms with Crippen molar-refractivity contribution in [3.8, 4) is 0 Å². The third-order valence-corrected chi connectivity index (χ3v) is 4.95. The number of primary sulfonamides is 1. The number of halogens is 1.